The molecule has 0 aliphatic heterocycles. The Morgan fingerprint density at radius 1 is 0.848 bits per heavy atom. The van der Waals surface area contributed by atoms with Crippen LogP contribution >= 0.6 is 0 Å². The van der Waals surface area contributed by atoms with Crippen LogP contribution < -0.4 is 24.1 Å². The van der Waals surface area contributed by atoms with Crippen molar-refractivity contribution >= 4 is 16.2 Å². The zero-order valence-corrected chi connectivity index (χ0v) is 19.9. The minimum Gasteiger partial charge on any atom is -0.494 e. The van der Waals surface area contributed by atoms with Crippen LogP contribution in [0.25, 0.3) is 0 Å². The van der Waals surface area contributed by atoms with Crippen molar-refractivity contribution < 1.29 is 26.9 Å². The molecule has 9 heteroatoms. The van der Waals surface area contributed by atoms with Gasteiger partial charge in [-0.1, -0.05) is 25.5 Å². The number of nitrogens with one attached hydrogen (secondary N) is 1. The molecule has 0 bridgehead atoms. The summed E-state index contributed by atoms with van der Waals surface area (Å²) in [5.74, 6) is 1.85. The molecule has 0 aliphatic carbocycles. The lowest BCUT2D eigenvalue weighted by Crippen LogP contribution is -2.25. The van der Waals surface area contributed by atoms with Crippen LogP contribution in [0.2, 0.25) is 0 Å². The Labute approximate surface area is 196 Å². The fourth-order valence-corrected chi connectivity index (χ4v) is 3.38. The zero-order chi connectivity index (χ0) is 23.9. The van der Waals surface area contributed by atoms with E-state index in [1.54, 1.807) is 12.1 Å². The lowest BCUT2D eigenvalue weighted by Gasteiger charge is -2.09. The van der Waals surface area contributed by atoms with E-state index in [0.29, 0.717) is 26.0 Å². The average Bonchev–Trinajstić information content (AvgIpc) is 2.77. The third kappa shape index (κ3) is 12.1. The summed E-state index contributed by atoms with van der Waals surface area (Å²) < 4.78 is 37.7. The molecule has 0 fully saturated rings. The Bertz CT molecular complexity index is 930. The first-order valence-corrected chi connectivity index (χ1v) is 12.8. The van der Waals surface area contributed by atoms with E-state index in [4.69, 9.17) is 14.6 Å². The van der Waals surface area contributed by atoms with E-state index in [1.165, 1.54) is 12.1 Å². The van der Waals surface area contributed by atoms with Crippen LogP contribution in [-0.2, 0) is 21.5 Å². The fourth-order valence-electron chi connectivity index (χ4n) is 3.00. The number of unbranched alkanes of at least 4 members (excludes halogenated alkanes) is 3. The van der Waals surface area contributed by atoms with Gasteiger partial charge in [0.1, 0.15) is 17.2 Å². The van der Waals surface area contributed by atoms with Crippen LogP contribution in [0.3, 0.4) is 0 Å². The van der Waals surface area contributed by atoms with E-state index < -0.39 is 10.3 Å². The molecule has 2 rings (SSSR count). The summed E-state index contributed by atoms with van der Waals surface area (Å²) in [5.41, 5.74) is 0.953. The van der Waals surface area contributed by atoms with Crippen molar-refractivity contribution in [3.8, 4) is 17.2 Å². The molecule has 1 amide bonds. The quantitative estimate of drug-likeness (QED) is 0.355. The molecule has 33 heavy (non-hydrogen) atoms. The number of carbonyl (C=O) groups excluding carboxylic acids is 1. The van der Waals surface area contributed by atoms with Gasteiger partial charge in [-0.2, -0.15) is 13.6 Å². The number of hydrogen-bond donors (Lipinski definition) is 2. The van der Waals surface area contributed by atoms with Gasteiger partial charge in [0.2, 0.25) is 5.91 Å². The molecule has 0 atom stereocenters. The van der Waals surface area contributed by atoms with Crippen LogP contribution in [0.5, 0.6) is 17.2 Å². The molecule has 0 spiro atoms. The van der Waals surface area contributed by atoms with Gasteiger partial charge in [0.25, 0.3) is 0 Å². The zero-order valence-electron chi connectivity index (χ0n) is 19.1. The monoisotopic (exact) mass is 478 g/mol. The molecule has 2 aromatic carbocycles. The van der Waals surface area contributed by atoms with Crippen LogP contribution in [0, 0.1) is 0 Å². The van der Waals surface area contributed by atoms with Gasteiger partial charge >= 0.3 is 10.3 Å². The fraction of sp³-hybridized carbons (Fsp3) is 0.458. The van der Waals surface area contributed by atoms with Gasteiger partial charge in [0.15, 0.2) is 0 Å². The Morgan fingerprint density at radius 2 is 1.42 bits per heavy atom. The summed E-state index contributed by atoms with van der Waals surface area (Å²) in [6, 6.07) is 14.2. The minimum atomic E-state index is -4.02. The number of nitrogens with two attached hydrogens (primary N) is 1. The summed E-state index contributed by atoms with van der Waals surface area (Å²) in [6.07, 6.45) is 5.87. The first-order chi connectivity index (χ1) is 15.9. The van der Waals surface area contributed by atoms with Crippen molar-refractivity contribution in [2.45, 2.75) is 51.9 Å². The maximum atomic E-state index is 12.0. The van der Waals surface area contributed by atoms with E-state index in [9.17, 15) is 13.2 Å². The van der Waals surface area contributed by atoms with Gasteiger partial charge in [-0.25, -0.2) is 0 Å². The molecule has 0 saturated carbocycles. The number of hydrogen-bond acceptors (Lipinski definition) is 6. The predicted octanol–water partition coefficient (Wildman–Crippen LogP) is 3.75. The summed E-state index contributed by atoms with van der Waals surface area (Å²) in [5, 5.41) is 7.72. The molecule has 0 aromatic heterocycles. The molecule has 3 N–H and O–H groups in total. The van der Waals surface area contributed by atoms with Crippen molar-refractivity contribution in [2.75, 3.05) is 19.8 Å². The summed E-state index contributed by atoms with van der Waals surface area (Å²) in [6.45, 7) is 3.99. The highest BCUT2D eigenvalue weighted by Gasteiger charge is 2.05. The average molecular weight is 479 g/mol. The van der Waals surface area contributed by atoms with E-state index in [1.807, 2.05) is 24.3 Å². The van der Waals surface area contributed by atoms with E-state index in [-0.39, 0.29) is 11.7 Å². The molecule has 0 heterocycles. The topological polar surface area (TPSA) is 117 Å². The second-order valence-electron chi connectivity index (χ2n) is 7.65. The Balaban J connectivity index is 1.51. The smallest absolute Gasteiger partial charge is 0.380 e. The van der Waals surface area contributed by atoms with Crippen molar-refractivity contribution in [1.82, 2.24) is 5.32 Å². The molecule has 182 valence electrons. The Hall–Kier alpha value is -2.78. The molecule has 0 radical (unpaired) electrons. The van der Waals surface area contributed by atoms with E-state index >= 15 is 0 Å². The number of amides is 1. The Kier molecular flexibility index (Phi) is 11.5. The van der Waals surface area contributed by atoms with E-state index in [2.05, 4.69) is 16.4 Å². The Morgan fingerprint density at radius 3 is 2.00 bits per heavy atom. The molecule has 0 unspecified atom stereocenters. The van der Waals surface area contributed by atoms with Crippen molar-refractivity contribution in [3.63, 3.8) is 0 Å². The summed E-state index contributed by atoms with van der Waals surface area (Å²) >= 11 is 0. The number of rotatable bonds is 16. The molecular weight excluding hydrogens is 444 g/mol. The molecule has 8 nitrogen and oxygen atoms in total. The second-order valence-corrected chi connectivity index (χ2v) is 8.80. The highest BCUT2D eigenvalue weighted by molar-refractivity contribution is 7.84. The van der Waals surface area contributed by atoms with Crippen molar-refractivity contribution in [3.05, 3.63) is 54.1 Å². The van der Waals surface area contributed by atoms with Gasteiger partial charge in [0, 0.05) is 13.0 Å². The summed E-state index contributed by atoms with van der Waals surface area (Å²) in [7, 11) is -4.02. The first-order valence-electron chi connectivity index (χ1n) is 11.3. The van der Waals surface area contributed by atoms with Gasteiger partial charge < -0.3 is 19.0 Å². The lowest BCUT2D eigenvalue weighted by atomic mass is 10.1. The maximum absolute atomic E-state index is 12.0. The second kappa shape index (κ2) is 14.4. The molecular formula is C24H34N2O6S. The minimum absolute atomic E-state index is 0.0174. The number of carbonyl (C=O) groups is 1. The molecule has 0 aliphatic rings. The number of benzene rings is 2. The van der Waals surface area contributed by atoms with Crippen LogP contribution in [0.15, 0.2) is 48.5 Å². The van der Waals surface area contributed by atoms with Gasteiger partial charge in [-0.05, 0) is 74.1 Å². The highest BCUT2D eigenvalue weighted by Crippen LogP contribution is 2.18. The third-order valence-electron chi connectivity index (χ3n) is 4.78. The highest BCUT2D eigenvalue weighted by atomic mass is 32.2. The third-order valence-corrected chi connectivity index (χ3v) is 5.20. The van der Waals surface area contributed by atoms with Gasteiger partial charge in [-0.3, -0.25) is 4.79 Å². The molecule has 0 saturated heterocycles. The normalized spacial score (nSPS) is 11.1. The van der Waals surface area contributed by atoms with Crippen LogP contribution in [0.4, 0.5) is 0 Å². The van der Waals surface area contributed by atoms with Crippen LogP contribution in [0.1, 0.15) is 51.0 Å². The van der Waals surface area contributed by atoms with Crippen molar-refractivity contribution in [2.24, 2.45) is 5.14 Å². The van der Waals surface area contributed by atoms with Crippen LogP contribution in [-0.4, -0.2) is 34.1 Å². The summed E-state index contributed by atoms with van der Waals surface area (Å²) in [4.78, 5) is 12.0. The predicted molar refractivity (Wildman–Crippen MR) is 128 cm³/mol. The number of ether oxygens (including phenoxy) is 2. The van der Waals surface area contributed by atoms with Gasteiger partial charge in [-0.15, -0.1) is 0 Å². The van der Waals surface area contributed by atoms with Gasteiger partial charge in [0.05, 0.1) is 13.2 Å². The lowest BCUT2D eigenvalue weighted by molar-refractivity contribution is -0.121. The molecule has 2 aromatic rings. The standard InChI is InChI=1S/C24H34N2O6S/c1-2-3-18-30-21-12-14-22(15-13-21)31-19-6-4-5-7-24(27)26-17-16-20-8-10-23(11-9-20)32-33(25,28)29/h8-15H,2-7,16-19H2,1H3,(H,26,27)(H2,25,28,29). The maximum Gasteiger partial charge on any atom is 0.380 e. The van der Waals surface area contributed by atoms with Crippen molar-refractivity contribution in [1.29, 1.82) is 0 Å². The first kappa shape index (κ1) is 26.5. The SMILES string of the molecule is CCCCOc1ccc(OCCCCCC(=O)NCCc2ccc(OS(N)(=O)=O)cc2)cc1. The van der Waals surface area contributed by atoms with E-state index in [0.717, 1.165) is 55.8 Å². The largest absolute Gasteiger partial charge is 0.494 e.